The van der Waals surface area contributed by atoms with Gasteiger partial charge in [0.1, 0.15) is 0 Å². The number of ether oxygens (including phenoxy) is 6. The van der Waals surface area contributed by atoms with Crippen molar-refractivity contribution < 1.29 is 76.4 Å². The summed E-state index contributed by atoms with van der Waals surface area (Å²) in [5, 5.41) is 0. The highest BCUT2D eigenvalue weighted by molar-refractivity contribution is 6.06. The van der Waals surface area contributed by atoms with E-state index in [4.69, 9.17) is 0 Å². The van der Waals surface area contributed by atoms with Crippen molar-refractivity contribution in [3.63, 3.8) is 0 Å². The zero-order valence-corrected chi connectivity index (χ0v) is 18.8. The Morgan fingerprint density at radius 1 is 0.457 bits per heavy atom. The quantitative estimate of drug-likeness (QED) is 0.184. The van der Waals surface area contributed by atoms with Crippen LogP contribution in [0.1, 0.15) is 47.0 Å². The third-order valence-electron chi connectivity index (χ3n) is 3.09. The number of carbonyl (C=O) groups is 10. The minimum Gasteiger partial charge on any atom is -0.438 e. The molecule has 0 spiro atoms. The lowest BCUT2D eigenvalue weighted by molar-refractivity contribution is -0.184. The van der Waals surface area contributed by atoms with Crippen LogP contribution in [0.15, 0.2) is 0 Å². The molecule has 0 N–H and O–H groups in total. The zero-order valence-electron chi connectivity index (χ0n) is 18.8. The molecule has 0 rings (SSSR count). The van der Waals surface area contributed by atoms with Gasteiger partial charge < -0.3 is 28.4 Å². The second-order valence-electron chi connectivity index (χ2n) is 6.24. The molecule has 16 nitrogen and oxygen atoms in total. The summed E-state index contributed by atoms with van der Waals surface area (Å²) < 4.78 is 25.6. The zero-order chi connectivity index (χ0) is 27.3. The van der Waals surface area contributed by atoms with E-state index in [2.05, 4.69) is 28.4 Å². The molecular formula is C19H20O16. The van der Waals surface area contributed by atoms with Crippen molar-refractivity contribution in [3.8, 4) is 0 Å². The minimum absolute atomic E-state index is 0.399. The lowest BCUT2D eigenvalue weighted by Gasteiger charge is -2.14. The third kappa shape index (κ3) is 13.0. The standard InChI is InChI=1S/C19H20O16/c1-8(20)30-16(26)14(17(27)31-9(2)21)34-12(24)6-5-7-13(25)35-15(18(28)32-10(3)22)19(29)33-11(4)23/h14-15H,5-7H2,1-4H3. The number of carbonyl (C=O) groups excluding carboxylic acids is 10. The van der Waals surface area contributed by atoms with Gasteiger partial charge in [-0.15, -0.1) is 0 Å². The highest BCUT2D eigenvalue weighted by atomic mass is 16.7. The van der Waals surface area contributed by atoms with Gasteiger partial charge in [0.05, 0.1) is 0 Å². The van der Waals surface area contributed by atoms with Gasteiger partial charge in [0.2, 0.25) is 0 Å². The van der Waals surface area contributed by atoms with Gasteiger partial charge in [-0.2, -0.15) is 0 Å². The van der Waals surface area contributed by atoms with Crippen molar-refractivity contribution in [3.05, 3.63) is 0 Å². The highest BCUT2D eigenvalue weighted by Crippen LogP contribution is 2.09. The molecule has 0 aliphatic rings. The van der Waals surface area contributed by atoms with Gasteiger partial charge in [-0.3, -0.25) is 28.8 Å². The molecule has 16 heteroatoms. The Kier molecular flexibility index (Phi) is 12.7. The summed E-state index contributed by atoms with van der Waals surface area (Å²) >= 11 is 0. The molecule has 0 aromatic carbocycles. The predicted octanol–water partition coefficient (Wildman–Crippen LogP) is -1.66. The summed E-state index contributed by atoms with van der Waals surface area (Å²) in [6.45, 7) is 3.24. The maximum absolute atomic E-state index is 11.9. The molecule has 0 aromatic rings. The van der Waals surface area contributed by atoms with E-state index in [0.29, 0.717) is 0 Å². The first-order valence-electron chi connectivity index (χ1n) is 9.42. The van der Waals surface area contributed by atoms with Gasteiger partial charge in [-0.25, -0.2) is 19.2 Å². The molecule has 0 bridgehead atoms. The fraction of sp³-hybridized carbons (Fsp3) is 0.474. The molecule has 0 unspecified atom stereocenters. The molecule has 35 heavy (non-hydrogen) atoms. The maximum Gasteiger partial charge on any atom is 0.367 e. The van der Waals surface area contributed by atoms with E-state index >= 15 is 0 Å². The van der Waals surface area contributed by atoms with Crippen molar-refractivity contribution in [2.45, 2.75) is 59.2 Å². The second-order valence-corrected chi connectivity index (χ2v) is 6.24. The normalized spacial score (nSPS) is 10.0. The SMILES string of the molecule is CC(=O)OC(=O)C(OC(=O)CCCC(=O)OC(C(=O)OC(C)=O)C(=O)OC(C)=O)C(=O)OC(C)=O. The average Bonchev–Trinajstić information content (AvgIpc) is 2.67. The fourth-order valence-corrected chi connectivity index (χ4v) is 1.92. The summed E-state index contributed by atoms with van der Waals surface area (Å²) in [7, 11) is 0. The number of hydrogen-bond donors (Lipinski definition) is 0. The van der Waals surface area contributed by atoms with Crippen LogP contribution in [0.2, 0.25) is 0 Å². The lowest BCUT2D eigenvalue weighted by Crippen LogP contribution is -2.39. The van der Waals surface area contributed by atoms with Crippen LogP contribution in [-0.2, 0) is 76.4 Å². The van der Waals surface area contributed by atoms with E-state index in [1.54, 1.807) is 0 Å². The highest BCUT2D eigenvalue weighted by Gasteiger charge is 2.37. The van der Waals surface area contributed by atoms with E-state index in [9.17, 15) is 47.9 Å². The van der Waals surface area contributed by atoms with E-state index in [1.165, 1.54) is 0 Å². The molecule has 0 aromatic heterocycles. The number of rotatable bonds is 10. The van der Waals surface area contributed by atoms with Crippen LogP contribution in [0, 0.1) is 0 Å². The Bertz CT molecular complexity index is 799. The predicted molar refractivity (Wildman–Crippen MR) is 101 cm³/mol. The van der Waals surface area contributed by atoms with Gasteiger partial charge in [0.25, 0.3) is 12.2 Å². The van der Waals surface area contributed by atoms with Crippen LogP contribution in [0.25, 0.3) is 0 Å². The molecular weight excluding hydrogens is 484 g/mol. The molecule has 192 valence electrons. The summed E-state index contributed by atoms with van der Waals surface area (Å²) in [5.41, 5.74) is 0. The fourth-order valence-electron chi connectivity index (χ4n) is 1.92. The van der Waals surface area contributed by atoms with Gasteiger partial charge in [0.15, 0.2) is 0 Å². The van der Waals surface area contributed by atoms with Crippen LogP contribution in [0.5, 0.6) is 0 Å². The van der Waals surface area contributed by atoms with Gasteiger partial charge >= 0.3 is 59.7 Å². The van der Waals surface area contributed by atoms with Gasteiger partial charge in [0, 0.05) is 40.5 Å². The molecule has 0 atom stereocenters. The average molecular weight is 504 g/mol. The largest absolute Gasteiger partial charge is 0.438 e. The Labute approximate surface area is 196 Å². The molecule has 0 aliphatic carbocycles. The molecule has 0 fully saturated rings. The van der Waals surface area contributed by atoms with E-state index in [-0.39, 0.29) is 0 Å². The molecule has 0 amide bonds. The van der Waals surface area contributed by atoms with E-state index < -0.39 is 91.2 Å². The summed E-state index contributed by atoms with van der Waals surface area (Å²) in [6, 6.07) is 0. The first-order chi connectivity index (χ1) is 16.1. The summed E-state index contributed by atoms with van der Waals surface area (Å²) in [4.78, 5) is 114. The van der Waals surface area contributed by atoms with Crippen LogP contribution in [-0.4, -0.2) is 71.9 Å². The van der Waals surface area contributed by atoms with E-state index in [0.717, 1.165) is 27.7 Å². The Hall–Kier alpha value is -4.50. The summed E-state index contributed by atoms with van der Waals surface area (Å²) in [6.07, 6.45) is -6.56. The Morgan fingerprint density at radius 2 is 0.686 bits per heavy atom. The smallest absolute Gasteiger partial charge is 0.367 e. The molecule has 0 aliphatic heterocycles. The minimum atomic E-state index is -2.42. The van der Waals surface area contributed by atoms with Crippen molar-refractivity contribution >= 4 is 59.7 Å². The van der Waals surface area contributed by atoms with Crippen molar-refractivity contribution in [1.29, 1.82) is 0 Å². The topological polar surface area (TPSA) is 226 Å². The molecule has 0 saturated heterocycles. The Morgan fingerprint density at radius 3 is 0.886 bits per heavy atom. The number of esters is 10. The molecule has 0 saturated carbocycles. The van der Waals surface area contributed by atoms with Crippen molar-refractivity contribution in [2.24, 2.45) is 0 Å². The monoisotopic (exact) mass is 504 g/mol. The number of hydrogen-bond acceptors (Lipinski definition) is 16. The van der Waals surface area contributed by atoms with Crippen molar-refractivity contribution in [1.82, 2.24) is 0 Å². The maximum atomic E-state index is 11.9. The Balaban J connectivity index is 5.05. The van der Waals surface area contributed by atoms with Crippen LogP contribution in [0.3, 0.4) is 0 Å². The lowest BCUT2D eigenvalue weighted by atomic mass is 10.2. The third-order valence-corrected chi connectivity index (χ3v) is 3.09. The van der Waals surface area contributed by atoms with Gasteiger partial charge in [-0.1, -0.05) is 0 Å². The van der Waals surface area contributed by atoms with Crippen LogP contribution >= 0.6 is 0 Å². The van der Waals surface area contributed by atoms with Gasteiger partial charge in [-0.05, 0) is 6.42 Å². The second kappa shape index (κ2) is 14.6. The van der Waals surface area contributed by atoms with Crippen LogP contribution < -0.4 is 0 Å². The summed E-state index contributed by atoms with van der Waals surface area (Å²) in [5.74, 6) is -13.8. The first kappa shape index (κ1) is 30.5. The van der Waals surface area contributed by atoms with Crippen LogP contribution in [0.4, 0.5) is 0 Å². The van der Waals surface area contributed by atoms with E-state index in [1.807, 2.05) is 0 Å². The molecule has 0 radical (unpaired) electrons. The first-order valence-corrected chi connectivity index (χ1v) is 9.42. The van der Waals surface area contributed by atoms with Crippen molar-refractivity contribution in [2.75, 3.05) is 0 Å². The molecule has 0 heterocycles.